The zero-order chi connectivity index (χ0) is 14.1. The SMILES string of the molecule is NN=C1Cc2ccccc2N(C(N)=O)c2ccccc21. The van der Waals surface area contributed by atoms with Gasteiger partial charge in [-0.1, -0.05) is 36.4 Å². The van der Waals surface area contributed by atoms with Crippen molar-refractivity contribution < 1.29 is 4.79 Å². The Morgan fingerprint density at radius 1 is 1.05 bits per heavy atom. The topological polar surface area (TPSA) is 84.7 Å². The molecule has 0 fully saturated rings. The van der Waals surface area contributed by atoms with Crippen molar-refractivity contribution in [2.24, 2.45) is 16.7 Å². The van der Waals surface area contributed by atoms with Crippen LogP contribution in [-0.4, -0.2) is 11.7 Å². The summed E-state index contributed by atoms with van der Waals surface area (Å²) < 4.78 is 0. The number of hydrogen-bond acceptors (Lipinski definition) is 3. The van der Waals surface area contributed by atoms with E-state index in [1.807, 2.05) is 48.5 Å². The molecule has 1 aliphatic heterocycles. The third kappa shape index (κ3) is 1.80. The lowest BCUT2D eigenvalue weighted by Gasteiger charge is -2.22. The van der Waals surface area contributed by atoms with Crippen LogP contribution in [0.25, 0.3) is 0 Å². The number of primary amides is 1. The van der Waals surface area contributed by atoms with Gasteiger partial charge >= 0.3 is 6.03 Å². The van der Waals surface area contributed by atoms with Crippen LogP contribution in [0, 0.1) is 0 Å². The van der Waals surface area contributed by atoms with Gasteiger partial charge in [0.25, 0.3) is 0 Å². The molecular weight excluding hydrogens is 252 g/mol. The van der Waals surface area contributed by atoms with E-state index in [1.165, 1.54) is 4.90 Å². The predicted octanol–water partition coefficient (Wildman–Crippen LogP) is 2.12. The van der Waals surface area contributed by atoms with E-state index in [0.717, 1.165) is 22.5 Å². The molecule has 0 spiro atoms. The number of amides is 2. The van der Waals surface area contributed by atoms with Gasteiger partial charge in [0, 0.05) is 12.0 Å². The molecular formula is C15H14N4O. The molecule has 0 radical (unpaired) electrons. The highest BCUT2D eigenvalue weighted by atomic mass is 16.2. The van der Waals surface area contributed by atoms with Crippen LogP contribution in [-0.2, 0) is 6.42 Å². The number of hydrazone groups is 1. The summed E-state index contributed by atoms with van der Waals surface area (Å²) in [5, 5.41) is 3.88. The van der Waals surface area contributed by atoms with Gasteiger partial charge in [-0.3, -0.25) is 4.90 Å². The first-order chi connectivity index (χ1) is 9.72. The lowest BCUT2D eigenvalue weighted by atomic mass is 10.0. The zero-order valence-electron chi connectivity index (χ0n) is 10.8. The van der Waals surface area contributed by atoms with Crippen molar-refractivity contribution in [3.63, 3.8) is 0 Å². The molecule has 0 atom stereocenters. The number of carbonyl (C=O) groups excluding carboxylic acids is 1. The summed E-state index contributed by atoms with van der Waals surface area (Å²) in [6.07, 6.45) is 0.563. The molecule has 1 aliphatic rings. The van der Waals surface area contributed by atoms with Crippen LogP contribution >= 0.6 is 0 Å². The van der Waals surface area contributed by atoms with E-state index in [1.54, 1.807) is 0 Å². The standard InChI is InChI=1S/C15H14N4O/c16-15(20)19-13-7-3-1-5-10(13)9-12(18-17)11-6-2-4-8-14(11)19/h1-8H,9,17H2,(H2,16,20). The third-order valence-electron chi connectivity index (χ3n) is 3.42. The molecule has 0 unspecified atom stereocenters. The van der Waals surface area contributed by atoms with Crippen LogP contribution in [0.5, 0.6) is 0 Å². The first kappa shape index (κ1) is 12.2. The van der Waals surface area contributed by atoms with Crippen molar-refractivity contribution in [3.8, 4) is 0 Å². The molecule has 3 rings (SSSR count). The van der Waals surface area contributed by atoms with E-state index in [4.69, 9.17) is 11.6 Å². The molecule has 5 nitrogen and oxygen atoms in total. The van der Waals surface area contributed by atoms with Crippen molar-refractivity contribution in [2.45, 2.75) is 6.42 Å². The van der Waals surface area contributed by atoms with Crippen molar-refractivity contribution in [3.05, 3.63) is 59.7 Å². The fourth-order valence-corrected chi connectivity index (χ4v) is 2.55. The number of carbonyl (C=O) groups is 1. The molecule has 5 heteroatoms. The van der Waals surface area contributed by atoms with Gasteiger partial charge in [-0.2, -0.15) is 5.10 Å². The molecule has 2 amide bonds. The first-order valence-corrected chi connectivity index (χ1v) is 6.26. The normalized spacial score (nSPS) is 15.4. The van der Waals surface area contributed by atoms with Crippen molar-refractivity contribution in [2.75, 3.05) is 4.90 Å². The molecule has 2 aromatic rings. The maximum Gasteiger partial charge on any atom is 0.323 e. The molecule has 20 heavy (non-hydrogen) atoms. The van der Waals surface area contributed by atoms with Crippen molar-refractivity contribution in [1.29, 1.82) is 0 Å². The summed E-state index contributed by atoms with van der Waals surface area (Å²) in [5.74, 6) is 5.52. The zero-order valence-corrected chi connectivity index (χ0v) is 10.8. The van der Waals surface area contributed by atoms with Gasteiger partial charge in [0.1, 0.15) is 0 Å². The summed E-state index contributed by atoms with van der Waals surface area (Å²) in [6, 6.07) is 14.6. The molecule has 100 valence electrons. The summed E-state index contributed by atoms with van der Waals surface area (Å²) in [4.78, 5) is 13.4. The maximum absolute atomic E-state index is 11.9. The Morgan fingerprint density at radius 3 is 2.40 bits per heavy atom. The van der Waals surface area contributed by atoms with Gasteiger partial charge in [-0.05, 0) is 17.7 Å². The van der Waals surface area contributed by atoms with Crippen LogP contribution in [0.2, 0.25) is 0 Å². The van der Waals surface area contributed by atoms with E-state index >= 15 is 0 Å². The van der Waals surface area contributed by atoms with Crippen LogP contribution in [0.4, 0.5) is 16.2 Å². The van der Waals surface area contributed by atoms with Crippen LogP contribution < -0.4 is 16.5 Å². The van der Waals surface area contributed by atoms with E-state index < -0.39 is 6.03 Å². The highest BCUT2D eigenvalue weighted by molar-refractivity contribution is 6.13. The van der Waals surface area contributed by atoms with Crippen LogP contribution in [0.1, 0.15) is 11.1 Å². The van der Waals surface area contributed by atoms with Crippen LogP contribution in [0.3, 0.4) is 0 Å². The molecule has 2 aromatic carbocycles. The van der Waals surface area contributed by atoms with Gasteiger partial charge in [0.05, 0.1) is 17.1 Å². The monoisotopic (exact) mass is 266 g/mol. The molecule has 0 aromatic heterocycles. The largest absolute Gasteiger partial charge is 0.351 e. The number of para-hydroxylation sites is 2. The first-order valence-electron chi connectivity index (χ1n) is 6.26. The average molecular weight is 266 g/mol. The van der Waals surface area contributed by atoms with E-state index in [-0.39, 0.29) is 0 Å². The van der Waals surface area contributed by atoms with E-state index in [9.17, 15) is 4.79 Å². The summed E-state index contributed by atoms with van der Waals surface area (Å²) in [7, 11) is 0. The second kappa shape index (κ2) is 4.70. The summed E-state index contributed by atoms with van der Waals surface area (Å²) >= 11 is 0. The molecule has 1 heterocycles. The molecule has 4 N–H and O–H groups in total. The number of fused-ring (bicyclic) bond motifs is 2. The summed E-state index contributed by atoms with van der Waals surface area (Å²) in [6.45, 7) is 0. The molecule has 0 bridgehead atoms. The number of urea groups is 1. The van der Waals surface area contributed by atoms with Gasteiger partial charge in [-0.15, -0.1) is 0 Å². The highest BCUT2D eigenvalue weighted by Gasteiger charge is 2.26. The second-order valence-electron chi connectivity index (χ2n) is 4.57. The van der Waals surface area contributed by atoms with Crippen molar-refractivity contribution >= 4 is 23.1 Å². The molecule has 0 saturated carbocycles. The number of hydrogen-bond donors (Lipinski definition) is 2. The molecule has 0 saturated heterocycles. The smallest absolute Gasteiger partial charge is 0.323 e. The predicted molar refractivity (Wildman–Crippen MR) is 79.0 cm³/mol. The Bertz CT molecular complexity index is 709. The lowest BCUT2D eigenvalue weighted by molar-refractivity contribution is 0.256. The Labute approximate surface area is 116 Å². The van der Waals surface area contributed by atoms with E-state index in [2.05, 4.69) is 5.10 Å². The lowest BCUT2D eigenvalue weighted by Crippen LogP contribution is -2.32. The Morgan fingerprint density at radius 2 is 1.70 bits per heavy atom. The number of nitrogens with zero attached hydrogens (tertiary/aromatic N) is 2. The second-order valence-corrected chi connectivity index (χ2v) is 4.57. The minimum atomic E-state index is -0.525. The third-order valence-corrected chi connectivity index (χ3v) is 3.42. The van der Waals surface area contributed by atoms with Crippen LogP contribution in [0.15, 0.2) is 53.6 Å². The minimum Gasteiger partial charge on any atom is -0.351 e. The van der Waals surface area contributed by atoms with Gasteiger partial charge in [0.15, 0.2) is 0 Å². The molecule has 0 aliphatic carbocycles. The van der Waals surface area contributed by atoms with Gasteiger partial charge < -0.3 is 11.6 Å². The Kier molecular flexibility index (Phi) is 2.87. The number of rotatable bonds is 0. The Hall–Kier alpha value is -2.82. The number of anilines is 2. The number of benzene rings is 2. The quantitative estimate of drug-likeness (QED) is 0.565. The fourth-order valence-electron chi connectivity index (χ4n) is 2.55. The van der Waals surface area contributed by atoms with Gasteiger partial charge in [-0.25, -0.2) is 4.79 Å². The fraction of sp³-hybridized carbons (Fsp3) is 0.0667. The highest BCUT2D eigenvalue weighted by Crippen LogP contribution is 2.35. The van der Waals surface area contributed by atoms with Gasteiger partial charge in [0.2, 0.25) is 0 Å². The summed E-state index contributed by atoms with van der Waals surface area (Å²) in [5.41, 5.74) is 9.56. The van der Waals surface area contributed by atoms with Crippen molar-refractivity contribution in [1.82, 2.24) is 0 Å². The maximum atomic E-state index is 11.9. The number of nitrogens with two attached hydrogens (primary N) is 2. The van der Waals surface area contributed by atoms with E-state index in [0.29, 0.717) is 12.1 Å². The Balaban J connectivity index is 2.33. The average Bonchev–Trinajstić information content (AvgIpc) is 2.61. The minimum absolute atomic E-state index is 0.525.